The van der Waals surface area contributed by atoms with Crippen LogP contribution in [0.1, 0.15) is 31.9 Å². The first-order valence-electron chi connectivity index (χ1n) is 5.99. The van der Waals surface area contributed by atoms with Gasteiger partial charge >= 0.3 is 5.97 Å². The normalized spacial score (nSPS) is 11.3. The molecule has 0 radical (unpaired) electrons. The highest BCUT2D eigenvalue weighted by Gasteiger charge is 2.15. The van der Waals surface area contributed by atoms with Gasteiger partial charge in [-0.25, -0.2) is 0 Å². The van der Waals surface area contributed by atoms with Gasteiger partial charge in [-0.05, 0) is 33.3 Å². The second-order valence-corrected chi connectivity index (χ2v) is 5.27. The van der Waals surface area contributed by atoms with E-state index >= 15 is 0 Å². The summed E-state index contributed by atoms with van der Waals surface area (Å²) in [6.07, 6.45) is 0. The molecule has 0 bridgehead atoms. The number of nitrogens with one attached hydrogen (secondary N) is 1. The van der Waals surface area contributed by atoms with Gasteiger partial charge in [-0.2, -0.15) is 0 Å². The molecule has 0 amide bonds. The van der Waals surface area contributed by atoms with E-state index in [1.807, 2.05) is 45.9 Å². The van der Waals surface area contributed by atoms with Crippen molar-refractivity contribution in [3.05, 3.63) is 29.3 Å². The summed E-state index contributed by atoms with van der Waals surface area (Å²) in [6.45, 7) is 7.90. The molecule has 0 fully saturated rings. The van der Waals surface area contributed by atoms with Gasteiger partial charge in [0.1, 0.15) is 11.4 Å². The molecule has 1 aromatic carbocycles. The summed E-state index contributed by atoms with van der Waals surface area (Å²) >= 11 is 0. The summed E-state index contributed by atoms with van der Waals surface area (Å²) in [5.41, 5.74) is 1.13. The summed E-state index contributed by atoms with van der Waals surface area (Å²) in [5.74, 6) is -0.0242. The molecule has 4 nitrogen and oxygen atoms in total. The Morgan fingerprint density at radius 3 is 2.67 bits per heavy atom. The summed E-state index contributed by atoms with van der Waals surface area (Å²) in [5, 5.41) is 12.8. The van der Waals surface area contributed by atoms with Crippen molar-refractivity contribution in [2.45, 2.75) is 39.8 Å². The summed E-state index contributed by atoms with van der Waals surface area (Å²) in [7, 11) is 0. The van der Waals surface area contributed by atoms with Crippen molar-refractivity contribution < 1.29 is 14.6 Å². The van der Waals surface area contributed by atoms with Crippen LogP contribution in [-0.4, -0.2) is 23.2 Å². The number of hydrogen-bond acceptors (Lipinski definition) is 4. The Morgan fingerprint density at radius 1 is 1.39 bits per heavy atom. The van der Waals surface area contributed by atoms with Gasteiger partial charge in [0.15, 0.2) is 0 Å². The lowest BCUT2D eigenvalue weighted by Crippen LogP contribution is -2.31. The zero-order valence-electron chi connectivity index (χ0n) is 11.4. The van der Waals surface area contributed by atoms with Gasteiger partial charge in [0, 0.05) is 12.1 Å². The van der Waals surface area contributed by atoms with Gasteiger partial charge in [-0.15, -0.1) is 0 Å². The molecule has 100 valence electrons. The van der Waals surface area contributed by atoms with Crippen LogP contribution >= 0.6 is 0 Å². The van der Waals surface area contributed by atoms with Crippen LogP contribution in [0, 0.1) is 6.92 Å². The SMILES string of the molecule is Cc1cccc(CNCC(=O)OC(C)(C)C)c1O. The van der Waals surface area contributed by atoms with E-state index in [1.165, 1.54) is 0 Å². The molecule has 1 rings (SSSR count). The largest absolute Gasteiger partial charge is 0.507 e. The summed E-state index contributed by atoms with van der Waals surface area (Å²) in [4.78, 5) is 11.5. The molecule has 18 heavy (non-hydrogen) atoms. The van der Waals surface area contributed by atoms with Gasteiger partial charge in [0.05, 0.1) is 6.54 Å². The van der Waals surface area contributed by atoms with Crippen molar-refractivity contribution in [3.8, 4) is 5.75 Å². The number of rotatable bonds is 4. The van der Waals surface area contributed by atoms with E-state index in [4.69, 9.17) is 4.74 Å². The number of para-hydroxylation sites is 1. The molecule has 0 aliphatic heterocycles. The van der Waals surface area contributed by atoms with Crippen LogP contribution in [0.5, 0.6) is 5.75 Å². The number of carbonyl (C=O) groups is 1. The Hall–Kier alpha value is -1.55. The standard InChI is InChI=1S/C14H21NO3/c1-10-6-5-7-11(13(10)17)8-15-9-12(16)18-14(2,3)4/h5-7,15,17H,8-9H2,1-4H3. The fourth-order valence-corrected chi connectivity index (χ4v) is 1.54. The third-order valence-corrected chi connectivity index (χ3v) is 2.33. The molecular formula is C14H21NO3. The molecule has 0 aliphatic carbocycles. The average Bonchev–Trinajstić information content (AvgIpc) is 2.21. The second kappa shape index (κ2) is 5.87. The lowest BCUT2D eigenvalue weighted by molar-refractivity contribution is -0.153. The van der Waals surface area contributed by atoms with Crippen molar-refractivity contribution in [3.63, 3.8) is 0 Å². The number of phenols is 1. The Labute approximate surface area is 108 Å². The minimum atomic E-state index is -0.468. The molecule has 0 spiro atoms. The van der Waals surface area contributed by atoms with Crippen LogP contribution in [0.4, 0.5) is 0 Å². The first kappa shape index (κ1) is 14.5. The highest BCUT2D eigenvalue weighted by Crippen LogP contribution is 2.20. The van der Waals surface area contributed by atoms with Crippen LogP contribution in [0.3, 0.4) is 0 Å². The smallest absolute Gasteiger partial charge is 0.320 e. The number of aryl methyl sites for hydroxylation is 1. The Kier molecular flexibility index (Phi) is 4.73. The highest BCUT2D eigenvalue weighted by molar-refractivity contribution is 5.72. The fourth-order valence-electron chi connectivity index (χ4n) is 1.54. The van der Waals surface area contributed by atoms with E-state index in [2.05, 4.69) is 5.32 Å². The quantitative estimate of drug-likeness (QED) is 0.805. The lowest BCUT2D eigenvalue weighted by atomic mass is 10.1. The maximum absolute atomic E-state index is 11.5. The Bertz CT molecular complexity index is 422. The third-order valence-electron chi connectivity index (χ3n) is 2.33. The maximum Gasteiger partial charge on any atom is 0.320 e. The predicted molar refractivity (Wildman–Crippen MR) is 70.4 cm³/mol. The van der Waals surface area contributed by atoms with Gasteiger partial charge in [-0.3, -0.25) is 4.79 Å². The summed E-state index contributed by atoms with van der Waals surface area (Å²) in [6, 6.07) is 5.54. The van der Waals surface area contributed by atoms with Crippen LogP contribution in [-0.2, 0) is 16.1 Å². The number of esters is 1. The zero-order chi connectivity index (χ0) is 13.8. The van der Waals surface area contributed by atoms with E-state index < -0.39 is 5.60 Å². The number of ether oxygens (including phenoxy) is 1. The Morgan fingerprint density at radius 2 is 2.06 bits per heavy atom. The molecule has 0 heterocycles. The minimum Gasteiger partial charge on any atom is -0.507 e. The molecule has 0 saturated carbocycles. The number of carbonyl (C=O) groups excluding carboxylic acids is 1. The van der Waals surface area contributed by atoms with Crippen LogP contribution in [0.25, 0.3) is 0 Å². The second-order valence-electron chi connectivity index (χ2n) is 5.27. The van der Waals surface area contributed by atoms with Crippen molar-refractivity contribution in [1.82, 2.24) is 5.32 Å². The first-order chi connectivity index (χ1) is 8.29. The molecule has 4 heteroatoms. The highest BCUT2D eigenvalue weighted by atomic mass is 16.6. The monoisotopic (exact) mass is 251 g/mol. The van der Waals surface area contributed by atoms with Gasteiger partial charge in [0.2, 0.25) is 0 Å². The average molecular weight is 251 g/mol. The minimum absolute atomic E-state index is 0.130. The van der Waals surface area contributed by atoms with E-state index in [0.29, 0.717) is 6.54 Å². The van der Waals surface area contributed by atoms with Crippen LogP contribution < -0.4 is 5.32 Å². The molecule has 1 aromatic rings. The number of aromatic hydroxyl groups is 1. The van der Waals surface area contributed by atoms with Crippen LogP contribution in [0.2, 0.25) is 0 Å². The Balaban J connectivity index is 2.43. The van der Waals surface area contributed by atoms with E-state index in [1.54, 1.807) is 0 Å². The number of phenolic OH excluding ortho intramolecular Hbond substituents is 1. The number of benzene rings is 1. The topological polar surface area (TPSA) is 58.6 Å². The van der Waals surface area contributed by atoms with E-state index in [-0.39, 0.29) is 18.3 Å². The number of hydrogen-bond donors (Lipinski definition) is 2. The van der Waals surface area contributed by atoms with Crippen molar-refractivity contribution in [1.29, 1.82) is 0 Å². The fraction of sp³-hybridized carbons (Fsp3) is 0.500. The zero-order valence-corrected chi connectivity index (χ0v) is 11.4. The molecular weight excluding hydrogens is 230 g/mol. The molecule has 0 saturated heterocycles. The lowest BCUT2D eigenvalue weighted by Gasteiger charge is -2.19. The summed E-state index contributed by atoms with van der Waals surface area (Å²) < 4.78 is 5.17. The van der Waals surface area contributed by atoms with Crippen molar-refractivity contribution in [2.75, 3.05) is 6.54 Å². The van der Waals surface area contributed by atoms with Crippen molar-refractivity contribution >= 4 is 5.97 Å². The molecule has 0 unspecified atom stereocenters. The van der Waals surface area contributed by atoms with Gasteiger partial charge in [0.25, 0.3) is 0 Å². The van der Waals surface area contributed by atoms with E-state index in [9.17, 15) is 9.90 Å². The van der Waals surface area contributed by atoms with Crippen molar-refractivity contribution in [2.24, 2.45) is 0 Å². The third kappa shape index (κ3) is 4.75. The molecule has 0 aromatic heterocycles. The molecule has 0 atom stereocenters. The van der Waals surface area contributed by atoms with Gasteiger partial charge in [-0.1, -0.05) is 18.2 Å². The molecule has 2 N–H and O–H groups in total. The van der Waals surface area contributed by atoms with Gasteiger partial charge < -0.3 is 15.2 Å². The molecule has 0 aliphatic rings. The maximum atomic E-state index is 11.5. The van der Waals surface area contributed by atoms with Crippen LogP contribution in [0.15, 0.2) is 18.2 Å². The first-order valence-corrected chi connectivity index (χ1v) is 5.99. The predicted octanol–water partition coefficient (Wildman–Crippen LogP) is 2.13. The van der Waals surface area contributed by atoms with E-state index in [0.717, 1.165) is 11.1 Å².